The summed E-state index contributed by atoms with van der Waals surface area (Å²) >= 11 is 0. The smallest absolute Gasteiger partial charge is 0.416 e. The molecular weight excluding hydrogens is 539 g/mol. The van der Waals surface area contributed by atoms with Gasteiger partial charge in [-0.3, -0.25) is 4.79 Å². The summed E-state index contributed by atoms with van der Waals surface area (Å²) in [5, 5.41) is 0. The quantitative estimate of drug-likeness (QED) is 0.274. The van der Waals surface area contributed by atoms with Gasteiger partial charge in [0.15, 0.2) is 11.4 Å². The maximum absolute atomic E-state index is 13.4. The lowest BCUT2D eigenvalue weighted by Crippen LogP contribution is -2.39. The van der Waals surface area contributed by atoms with Crippen LogP contribution in [-0.2, 0) is 33.4 Å². The second kappa shape index (κ2) is 13.1. The number of aromatic nitrogens is 2. The molecule has 11 heteroatoms. The molecule has 1 heterocycles. The maximum Gasteiger partial charge on any atom is 0.416 e. The number of alkyl halides is 3. The van der Waals surface area contributed by atoms with E-state index in [0.717, 1.165) is 12.1 Å². The molecule has 0 bridgehead atoms. The van der Waals surface area contributed by atoms with Crippen LogP contribution in [0, 0.1) is 6.92 Å². The van der Waals surface area contributed by atoms with E-state index in [0.29, 0.717) is 46.9 Å². The Balaban J connectivity index is 1.85. The van der Waals surface area contributed by atoms with Crippen LogP contribution in [0.2, 0.25) is 0 Å². The molecule has 1 aromatic heterocycles. The van der Waals surface area contributed by atoms with Crippen molar-refractivity contribution < 1.29 is 37.0 Å². The molecule has 0 spiro atoms. The molecule has 0 aliphatic rings. The van der Waals surface area contributed by atoms with Crippen molar-refractivity contribution in [2.24, 2.45) is 0 Å². The first kappa shape index (κ1) is 31.5. The van der Waals surface area contributed by atoms with Gasteiger partial charge in [0.05, 0.1) is 24.5 Å². The zero-order valence-electron chi connectivity index (χ0n) is 24.0. The molecule has 0 radical (unpaired) electrons. The monoisotopic (exact) mass is 573 g/mol. The van der Waals surface area contributed by atoms with Crippen molar-refractivity contribution in [1.29, 1.82) is 0 Å². The number of hydrogen-bond donors (Lipinski definition) is 0. The van der Waals surface area contributed by atoms with E-state index < -0.39 is 23.3 Å². The minimum absolute atomic E-state index is 0.177. The van der Waals surface area contributed by atoms with Gasteiger partial charge in [-0.05, 0) is 58.0 Å². The van der Waals surface area contributed by atoms with Crippen molar-refractivity contribution in [3.8, 4) is 17.1 Å². The lowest BCUT2D eigenvalue weighted by Gasteiger charge is -2.25. The molecule has 0 aliphatic heterocycles. The molecule has 0 N–H and O–H groups in total. The molecule has 220 valence electrons. The second-order valence-corrected chi connectivity index (χ2v) is 9.90. The number of ether oxygens (including phenoxy) is 3. The van der Waals surface area contributed by atoms with Crippen molar-refractivity contribution in [2.45, 2.75) is 52.4 Å². The van der Waals surface area contributed by atoms with E-state index in [2.05, 4.69) is 9.97 Å². The van der Waals surface area contributed by atoms with Gasteiger partial charge in [-0.1, -0.05) is 18.2 Å². The third-order valence-electron chi connectivity index (χ3n) is 6.28. The summed E-state index contributed by atoms with van der Waals surface area (Å²) in [6.45, 7) is 7.40. The number of nitrogens with zero attached hydrogens (tertiary/aromatic N) is 3. The van der Waals surface area contributed by atoms with Crippen molar-refractivity contribution in [1.82, 2.24) is 14.9 Å². The fourth-order valence-corrected chi connectivity index (χ4v) is 4.07. The Labute approximate surface area is 237 Å². The van der Waals surface area contributed by atoms with Crippen LogP contribution in [0.25, 0.3) is 11.4 Å². The first-order valence-electron chi connectivity index (χ1n) is 13.0. The number of rotatable bonds is 11. The molecule has 8 nitrogen and oxygen atoms in total. The predicted octanol–water partition coefficient (Wildman–Crippen LogP) is 5.65. The van der Waals surface area contributed by atoms with E-state index in [-0.39, 0.29) is 24.9 Å². The first-order chi connectivity index (χ1) is 19.3. The van der Waals surface area contributed by atoms with Crippen molar-refractivity contribution in [2.75, 3.05) is 27.4 Å². The van der Waals surface area contributed by atoms with E-state index >= 15 is 0 Å². The number of carbonyl (C=O) groups excluding carboxylic acids is 2. The minimum Gasteiger partial charge on any atom is -0.476 e. The molecule has 3 aromatic rings. The number of benzene rings is 2. The Morgan fingerprint density at radius 1 is 1.02 bits per heavy atom. The molecule has 0 fully saturated rings. The Kier molecular flexibility index (Phi) is 10.1. The summed E-state index contributed by atoms with van der Waals surface area (Å²) in [6.07, 6.45) is -4.03. The topological polar surface area (TPSA) is 90.9 Å². The Hall–Kier alpha value is -3.99. The van der Waals surface area contributed by atoms with Crippen LogP contribution in [0.3, 0.4) is 0 Å². The van der Waals surface area contributed by atoms with Gasteiger partial charge in [0.2, 0.25) is 0 Å². The van der Waals surface area contributed by atoms with E-state index in [1.54, 1.807) is 66.1 Å². The summed E-state index contributed by atoms with van der Waals surface area (Å²) in [5.41, 5.74) is 0.721. The van der Waals surface area contributed by atoms with Crippen LogP contribution in [-0.4, -0.2) is 59.7 Å². The summed E-state index contributed by atoms with van der Waals surface area (Å²) in [4.78, 5) is 36.3. The molecule has 2 aromatic carbocycles. The molecule has 0 saturated carbocycles. The number of esters is 1. The third kappa shape index (κ3) is 8.03. The van der Waals surface area contributed by atoms with Crippen LogP contribution < -0.4 is 4.74 Å². The van der Waals surface area contributed by atoms with Gasteiger partial charge < -0.3 is 19.1 Å². The first-order valence-corrected chi connectivity index (χ1v) is 13.0. The van der Waals surface area contributed by atoms with Crippen LogP contribution in [0.1, 0.15) is 53.6 Å². The summed E-state index contributed by atoms with van der Waals surface area (Å²) in [5.74, 6) is -0.196. The number of carbonyl (C=O) groups is 2. The summed E-state index contributed by atoms with van der Waals surface area (Å²) in [7, 11) is 3.19. The largest absolute Gasteiger partial charge is 0.476 e. The molecule has 3 rings (SSSR count). The lowest BCUT2D eigenvalue weighted by molar-refractivity contribution is -0.158. The average Bonchev–Trinajstić information content (AvgIpc) is 2.92. The van der Waals surface area contributed by atoms with E-state index in [4.69, 9.17) is 14.2 Å². The third-order valence-corrected chi connectivity index (χ3v) is 6.28. The van der Waals surface area contributed by atoms with E-state index in [1.807, 2.05) is 0 Å². The average molecular weight is 574 g/mol. The maximum atomic E-state index is 13.4. The molecule has 0 aliphatic carbocycles. The molecule has 1 amide bonds. The van der Waals surface area contributed by atoms with Gasteiger partial charge >= 0.3 is 12.1 Å². The fourth-order valence-electron chi connectivity index (χ4n) is 4.07. The SMILES string of the molecule is CCOC(=O)C(C)(C)Oc1cccc(C(=O)N(C)Cc2c(C)nc(-c3ccc(C(F)(F)F)cc3)nc2CCOC)c1. The summed E-state index contributed by atoms with van der Waals surface area (Å²) in [6, 6.07) is 11.2. The van der Waals surface area contributed by atoms with Gasteiger partial charge in [-0.15, -0.1) is 0 Å². The number of aryl methyl sites for hydroxylation is 1. The van der Waals surface area contributed by atoms with E-state index in [1.165, 1.54) is 17.0 Å². The zero-order valence-corrected chi connectivity index (χ0v) is 24.0. The lowest BCUT2D eigenvalue weighted by atomic mass is 10.1. The Morgan fingerprint density at radius 2 is 1.71 bits per heavy atom. The number of amides is 1. The highest BCUT2D eigenvalue weighted by Crippen LogP contribution is 2.31. The summed E-state index contributed by atoms with van der Waals surface area (Å²) < 4.78 is 55.1. The van der Waals surface area contributed by atoms with Crippen molar-refractivity contribution >= 4 is 11.9 Å². The fraction of sp³-hybridized carbons (Fsp3) is 0.400. The standard InChI is InChI=1S/C30H34F3N3O5/c1-7-40-28(38)29(3,4)41-23-10-8-9-21(17-23)27(37)36(5)18-24-19(2)34-26(35-25(24)15-16-39-6)20-11-13-22(14-12-20)30(31,32)33/h8-14,17H,7,15-16,18H2,1-6H3. The van der Waals surface area contributed by atoms with E-state index in [9.17, 15) is 22.8 Å². The number of halogens is 3. The van der Waals surface area contributed by atoms with Crippen LogP contribution in [0.4, 0.5) is 13.2 Å². The van der Waals surface area contributed by atoms with Gasteiger partial charge in [0, 0.05) is 49.5 Å². The molecule has 41 heavy (non-hydrogen) atoms. The number of methoxy groups -OCH3 is 1. The minimum atomic E-state index is -4.44. The van der Waals surface area contributed by atoms with Gasteiger partial charge in [-0.2, -0.15) is 13.2 Å². The molecule has 0 atom stereocenters. The molecule has 0 saturated heterocycles. The predicted molar refractivity (Wildman–Crippen MR) is 146 cm³/mol. The van der Waals surface area contributed by atoms with Gasteiger partial charge in [0.1, 0.15) is 5.75 Å². The van der Waals surface area contributed by atoms with Crippen LogP contribution in [0.5, 0.6) is 5.75 Å². The van der Waals surface area contributed by atoms with Crippen LogP contribution in [0.15, 0.2) is 48.5 Å². The van der Waals surface area contributed by atoms with Crippen molar-refractivity contribution in [3.63, 3.8) is 0 Å². The second-order valence-electron chi connectivity index (χ2n) is 9.90. The highest BCUT2D eigenvalue weighted by Gasteiger charge is 2.32. The van der Waals surface area contributed by atoms with Crippen LogP contribution >= 0.6 is 0 Å². The van der Waals surface area contributed by atoms with Gasteiger partial charge in [0.25, 0.3) is 5.91 Å². The Morgan fingerprint density at radius 3 is 2.32 bits per heavy atom. The van der Waals surface area contributed by atoms with Gasteiger partial charge in [-0.25, -0.2) is 14.8 Å². The molecule has 0 unspecified atom stereocenters. The number of hydrogen-bond acceptors (Lipinski definition) is 7. The highest BCUT2D eigenvalue weighted by molar-refractivity contribution is 5.94. The molecular formula is C30H34F3N3O5. The highest BCUT2D eigenvalue weighted by atomic mass is 19.4. The van der Waals surface area contributed by atoms with Crippen molar-refractivity contribution in [3.05, 3.63) is 76.6 Å². The Bertz CT molecular complexity index is 1370. The normalized spacial score (nSPS) is 11.7. The zero-order chi connectivity index (χ0) is 30.4.